The van der Waals surface area contributed by atoms with E-state index >= 15 is 0 Å². The van der Waals surface area contributed by atoms with Gasteiger partial charge in [-0.25, -0.2) is 0 Å². The van der Waals surface area contributed by atoms with E-state index in [2.05, 4.69) is 19.1 Å². The SMILES string of the molecule is CCCCCCCc1ccc(N)cc1.c1ccccc1. The molecule has 0 spiro atoms. The van der Waals surface area contributed by atoms with E-state index in [1.165, 1.54) is 44.1 Å². The van der Waals surface area contributed by atoms with Gasteiger partial charge in [0.25, 0.3) is 0 Å². The predicted molar refractivity (Wildman–Crippen MR) is 89.8 cm³/mol. The average molecular weight is 269 g/mol. The fourth-order valence-corrected chi connectivity index (χ4v) is 2.00. The van der Waals surface area contributed by atoms with Crippen molar-refractivity contribution >= 4 is 5.69 Å². The van der Waals surface area contributed by atoms with Gasteiger partial charge in [-0.1, -0.05) is 81.1 Å². The first-order valence-electron chi connectivity index (χ1n) is 7.67. The van der Waals surface area contributed by atoms with Gasteiger partial charge in [0.2, 0.25) is 0 Å². The quantitative estimate of drug-likeness (QED) is 0.546. The average Bonchev–Trinajstić information content (AvgIpc) is 2.51. The molecule has 0 bridgehead atoms. The van der Waals surface area contributed by atoms with E-state index in [0.717, 1.165) is 5.69 Å². The molecule has 0 saturated carbocycles. The standard InChI is InChI=1S/C13H21N.C6H6/c1-2-3-4-5-6-7-12-8-10-13(14)11-9-12;1-2-4-6-5-3-1/h8-11H,2-7,14H2,1H3;1-6H. The molecule has 0 aromatic heterocycles. The summed E-state index contributed by atoms with van der Waals surface area (Å²) in [7, 11) is 0. The Morgan fingerprint density at radius 1 is 0.700 bits per heavy atom. The van der Waals surface area contributed by atoms with Gasteiger partial charge in [-0.05, 0) is 30.5 Å². The molecule has 2 aromatic carbocycles. The molecule has 0 aliphatic heterocycles. The number of rotatable bonds is 6. The lowest BCUT2D eigenvalue weighted by atomic mass is 10.1. The van der Waals surface area contributed by atoms with Crippen LogP contribution in [0.25, 0.3) is 0 Å². The highest BCUT2D eigenvalue weighted by molar-refractivity contribution is 5.39. The van der Waals surface area contributed by atoms with Crippen molar-refractivity contribution in [2.45, 2.75) is 45.4 Å². The maximum atomic E-state index is 5.62. The summed E-state index contributed by atoms with van der Waals surface area (Å²) in [5.74, 6) is 0. The number of anilines is 1. The molecule has 0 unspecified atom stereocenters. The molecule has 0 aliphatic rings. The number of hydrogen-bond donors (Lipinski definition) is 1. The van der Waals surface area contributed by atoms with Gasteiger partial charge >= 0.3 is 0 Å². The molecule has 1 nitrogen and oxygen atoms in total. The minimum Gasteiger partial charge on any atom is -0.399 e. The summed E-state index contributed by atoms with van der Waals surface area (Å²) in [5, 5.41) is 0. The van der Waals surface area contributed by atoms with Crippen LogP contribution in [0.4, 0.5) is 5.69 Å². The molecular weight excluding hydrogens is 242 g/mol. The Kier molecular flexibility index (Phi) is 9.04. The molecule has 0 atom stereocenters. The van der Waals surface area contributed by atoms with E-state index in [0.29, 0.717) is 0 Å². The van der Waals surface area contributed by atoms with Crippen molar-refractivity contribution in [2.75, 3.05) is 5.73 Å². The Hall–Kier alpha value is -1.76. The van der Waals surface area contributed by atoms with Crippen molar-refractivity contribution in [1.29, 1.82) is 0 Å². The summed E-state index contributed by atoms with van der Waals surface area (Å²) >= 11 is 0. The monoisotopic (exact) mass is 269 g/mol. The normalized spacial score (nSPS) is 9.65. The first-order valence-corrected chi connectivity index (χ1v) is 7.67. The summed E-state index contributed by atoms with van der Waals surface area (Å²) in [6.07, 6.45) is 7.95. The molecule has 0 amide bonds. The molecule has 0 radical (unpaired) electrons. The molecule has 2 rings (SSSR count). The van der Waals surface area contributed by atoms with Crippen LogP contribution in [0.3, 0.4) is 0 Å². The maximum Gasteiger partial charge on any atom is 0.0314 e. The zero-order valence-corrected chi connectivity index (χ0v) is 12.6. The third kappa shape index (κ3) is 8.36. The zero-order chi connectivity index (χ0) is 14.5. The third-order valence-corrected chi connectivity index (χ3v) is 3.22. The molecular formula is C19H27N. The minimum absolute atomic E-state index is 0.861. The van der Waals surface area contributed by atoms with Gasteiger partial charge in [-0.3, -0.25) is 0 Å². The Labute approximate surface area is 123 Å². The zero-order valence-electron chi connectivity index (χ0n) is 12.6. The maximum absolute atomic E-state index is 5.62. The fourth-order valence-electron chi connectivity index (χ4n) is 2.00. The Bertz CT molecular complexity index is 393. The fraction of sp³-hybridized carbons (Fsp3) is 0.368. The molecule has 20 heavy (non-hydrogen) atoms. The van der Waals surface area contributed by atoms with Crippen molar-refractivity contribution in [2.24, 2.45) is 0 Å². The lowest BCUT2D eigenvalue weighted by molar-refractivity contribution is 0.632. The van der Waals surface area contributed by atoms with Gasteiger partial charge in [-0.15, -0.1) is 0 Å². The molecule has 1 heteroatoms. The number of aryl methyl sites for hydroxylation is 1. The number of unbranched alkanes of at least 4 members (excludes halogenated alkanes) is 4. The van der Waals surface area contributed by atoms with E-state index in [4.69, 9.17) is 5.73 Å². The van der Waals surface area contributed by atoms with Gasteiger partial charge in [-0.2, -0.15) is 0 Å². The third-order valence-electron chi connectivity index (χ3n) is 3.22. The van der Waals surface area contributed by atoms with Crippen molar-refractivity contribution < 1.29 is 0 Å². The van der Waals surface area contributed by atoms with E-state index in [-0.39, 0.29) is 0 Å². The van der Waals surface area contributed by atoms with Crippen LogP contribution in [0.5, 0.6) is 0 Å². The number of benzene rings is 2. The molecule has 0 heterocycles. The largest absolute Gasteiger partial charge is 0.399 e. The summed E-state index contributed by atoms with van der Waals surface area (Å²) in [5.41, 5.74) is 7.89. The van der Waals surface area contributed by atoms with Crippen LogP contribution in [-0.4, -0.2) is 0 Å². The van der Waals surface area contributed by atoms with Gasteiger partial charge in [0.1, 0.15) is 0 Å². The Balaban J connectivity index is 0.000000276. The van der Waals surface area contributed by atoms with Crippen LogP contribution in [0, 0.1) is 0 Å². The molecule has 108 valence electrons. The summed E-state index contributed by atoms with van der Waals surface area (Å²) in [6.45, 7) is 2.25. The van der Waals surface area contributed by atoms with Crippen LogP contribution < -0.4 is 5.73 Å². The van der Waals surface area contributed by atoms with E-state index in [9.17, 15) is 0 Å². The first kappa shape index (κ1) is 16.3. The van der Waals surface area contributed by atoms with E-state index < -0.39 is 0 Å². The number of hydrogen-bond acceptors (Lipinski definition) is 1. The summed E-state index contributed by atoms with van der Waals surface area (Å²) < 4.78 is 0. The predicted octanol–water partition coefficient (Wildman–Crippen LogP) is 5.47. The van der Waals surface area contributed by atoms with Crippen LogP contribution >= 0.6 is 0 Å². The lowest BCUT2D eigenvalue weighted by Gasteiger charge is -2.01. The van der Waals surface area contributed by atoms with Crippen LogP contribution in [-0.2, 0) is 6.42 Å². The van der Waals surface area contributed by atoms with Gasteiger partial charge < -0.3 is 5.73 Å². The summed E-state index contributed by atoms with van der Waals surface area (Å²) in [6, 6.07) is 20.2. The van der Waals surface area contributed by atoms with Crippen molar-refractivity contribution in [3.63, 3.8) is 0 Å². The van der Waals surface area contributed by atoms with Crippen LogP contribution in [0.15, 0.2) is 60.7 Å². The highest BCUT2D eigenvalue weighted by Gasteiger charge is 1.93. The van der Waals surface area contributed by atoms with Crippen molar-refractivity contribution in [1.82, 2.24) is 0 Å². The van der Waals surface area contributed by atoms with E-state index in [1.807, 2.05) is 48.5 Å². The molecule has 0 saturated heterocycles. The number of nitrogen functional groups attached to an aromatic ring is 1. The Morgan fingerprint density at radius 2 is 1.20 bits per heavy atom. The second-order valence-corrected chi connectivity index (χ2v) is 5.06. The highest BCUT2D eigenvalue weighted by Crippen LogP contribution is 2.10. The molecule has 0 fully saturated rings. The topological polar surface area (TPSA) is 26.0 Å². The second kappa shape index (κ2) is 11.1. The van der Waals surface area contributed by atoms with Gasteiger partial charge in [0.05, 0.1) is 0 Å². The second-order valence-electron chi connectivity index (χ2n) is 5.06. The van der Waals surface area contributed by atoms with Crippen molar-refractivity contribution in [3.8, 4) is 0 Å². The Morgan fingerprint density at radius 3 is 1.70 bits per heavy atom. The number of nitrogens with two attached hydrogens (primary N) is 1. The molecule has 2 N–H and O–H groups in total. The van der Waals surface area contributed by atoms with Crippen LogP contribution in [0.2, 0.25) is 0 Å². The van der Waals surface area contributed by atoms with Gasteiger partial charge in [0, 0.05) is 5.69 Å². The van der Waals surface area contributed by atoms with Crippen LogP contribution in [0.1, 0.15) is 44.6 Å². The molecule has 0 aliphatic carbocycles. The summed E-state index contributed by atoms with van der Waals surface area (Å²) in [4.78, 5) is 0. The van der Waals surface area contributed by atoms with E-state index in [1.54, 1.807) is 0 Å². The highest BCUT2D eigenvalue weighted by atomic mass is 14.5. The minimum atomic E-state index is 0.861. The smallest absolute Gasteiger partial charge is 0.0314 e. The molecule has 2 aromatic rings. The lowest BCUT2D eigenvalue weighted by Crippen LogP contribution is -1.88. The van der Waals surface area contributed by atoms with Gasteiger partial charge in [0.15, 0.2) is 0 Å². The first-order chi connectivity index (χ1) is 9.83. The van der Waals surface area contributed by atoms with Crippen molar-refractivity contribution in [3.05, 3.63) is 66.2 Å².